The molecule has 0 unspecified atom stereocenters. The summed E-state index contributed by atoms with van der Waals surface area (Å²) >= 11 is 5.74. The molecule has 0 bridgehead atoms. The first-order chi connectivity index (χ1) is 14.1. The van der Waals surface area contributed by atoms with Crippen molar-refractivity contribution < 1.29 is 19.1 Å². The fourth-order valence-corrected chi connectivity index (χ4v) is 3.21. The Kier molecular flexibility index (Phi) is 7.32. The lowest BCUT2D eigenvalue weighted by atomic mass is 10.1. The number of nitrogens with one attached hydrogen (secondary N) is 2. The lowest BCUT2D eigenvalue weighted by molar-refractivity contribution is -0.856. The van der Waals surface area contributed by atoms with Gasteiger partial charge in [0.05, 0.1) is 33.7 Å². The van der Waals surface area contributed by atoms with Crippen molar-refractivity contribution in [2.75, 3.05) is 45.5 Å². The Balaban J connectivity index is 1.85. The molecule has 0 aromatic heterocycles. The van der Waals surface area contributed by atoms with E-state index >= 15 is 0 Å². The molecule has 0 saturated carbocycles. The molecule has 3 rings (SSSR count). The molecule has 6 nitrogen and oxygen atoms in total. The third-order valence-corrected chi connectivity index (χ3v) is 4.84. The molecular weight excluding hydrogens is 386 g/mol. The number of rotatable bonds is 9. The van der Waals surface area contributed by atoms with Crippen molar-refractivity contribution in [3.8, 4) is 17.2 Å². The minimum Gasteiger partial charge on any atom is -0.489 e. The van der Waals surface area contributed by atoms with Crippen LogP contribution < -0.4 is 29.3 Å². The normalized spacial score (nSPS) is 12.0. The Morgan fingerprint density at radius 1 is 1.24 bits per heavy atom. The third kappa shape index (κ3) is 5.62. The van der Waals surface area contributed by atoms with Gasteiger partial charge in [-0.1, -0.05) is 30.9 Å². The average Bonchev–Trinajstić information content (AvgIpc) is 3.18. The first-order valence-corrected chi connectivity index (χ1v) is 10.0. The van der Waals surface area contributed by atoms with Crippen molar-refractivity contribution in [1.82, 2.24) is 5.32 Å². The van der Waals surface area contributed by atoms with Crippen LogP contribution in [0.1, 0.15) is 5.56 Å². The molecule has 0 atom stereocenters. The van der Waals surface area contributed by atoms with Crippen LogP contribution in [0.3, 0.4) is 0 Å². The number of anilines is 1. The van der Waals surface area contributed by atoms with Crippen LogP contribution in [-0.4, -0.2) is 45.7 Å². The van der Waals surface area contributed by atoms with Crippen LogP contribution in [0.5, 0.6) is 17.2 Å². The molecule has 1 aliphatic rings. The van der Waals surface area contributed by atoms with Gasteiger partial charge in [-0.05, 0) is 30.4 Å². The van der Waals surface area contributed by atoms with Crippen LogP contribution in [0.2, 0.25) is 0 Å². The fraction of sp³-hybridized carbons (Fsp3) is 0.318. The SMILES string of the molecule is C=CCOc1ccccc1CN(C(=S)NCC[NH+](C)C)c1ccc2c(c1)OCO2. The van der Waals surface area contributed by atoms with E-state index in [2.05, 4.69) is 30.9 Å². The van der Waals surface area contributed by atoms with Gasteiger partial charge in [0.2, 0.25) is 6.79 Å². The number of fused-ring (bicyclic) bond motifs is 1. The molecule has 0 amide bonds. The lowest BCUT2D eigenvalue weighted by Crippen LogP contribution is -3.06. The summed E-state index contributed by atoms with van der Waals surface area (Å²) in [7, 11) is 4.24. The van der Waals surface area contributed by atoms with E-state index in [1.165, 1.54) is 4.90 Å². The summed E-state index contributed by atoms with van der Waals surface area (Å²) in [5.41, 5.74) is 1.97. The third-order valence-electron chi connectivity index (χ3n) is 4.47. The van der Waals surface area contributed by atoms with Crippen LogP contribution in [0, 0.1) is 0 Å². The van der Waals surface area contributed by atoms with Crippen molar-refractivity contribution >= 4 is 23.0 Å². The fourth-order valence-electron chi connectivity index (χ4n) is 2.94. The van der Waals surface area contributed by atoms with Gasteiger partial charge < -0.3 is 29.3 Å². The van der Waals surface area contributed by atoms with Crippen molar-refractivity contribution in [1.29, 1.82) is 0 Å². The van der Waals surface area contributed by atoms with Gasteiger partial charge in [-0.15, -0.1) is 0 Å². The van der Waals surface area contributed by atoms with E-state index in [0.717, 1.165) is 41.6 Å². The number of hydrogen-bond acceptors (Lipinski definition) is 4. The highest BCUT2D eigenvalue weighted by molar-refractivity contribution is 7.80. The zero-order valence-corrected chi connectivity index (χ0v) is 17.8. The molecule has 154 valence electrons. The number of ether oxygens (including phenoxy) is 3. The highest BCUT2D eigenvalue weighted by Gasteiger charge is 2.20. The van der Waals surface area contributed by atoms with Gasteiger partial charge in [0.25, 0.3) is 0 Å². The largest absolute Gasteiger partial charge is 0.489 e. The van der Waals surface area contributed by atoms with Crippen molar-refractivity contribution in [3.05, 3.63) is 60.7 Å². The summed E-state index contributed by atoms with van der Waals surface area (Å²) in [6.45, 7) is 6.74. The molecule has 29 heavy (non-hydrogen) atoms. The summed E-state index contributed by atoms with van der Waals surface area (Å²) in [6, 6.07) is 13.8. The second-order valence-corrected chi connectivity index (χ2v) is 7.41. The predicted octanol–water partition coefficient (Wildman–Crippen LogP) is 2.01. The summed E-state index contributed by atoms with van der Waals surface area (Å²) < 4.78 is 16.8. The Morgan fingerprint density at radius 2 is 2.03 bits per heavy atom. The predicted molar refractivity (Wildman–Crippen MR) is 119 cm³/mol. The van der Waals surface area contributed by atoms with E-state index < -0.39 is 0 Å². The lowest BCUT2D eigenvalue weighted by Gasteiger charge is -2.27. The van der Waals surface area contributed by atoms with Gasteiger partial charge in [-0.25, -0.2) is 0 Å². The second kappa shape index (κ2) is 10.1. The van der Waals surface area contributed by atoms with E-state index in [9.17, 15) is 0 Å². The van der Waals surface area contributed by atoms with Crippen LogP contribution >= 0.6 is 12.2 Å². The zero-order valence-electron chi connectivity index (χ0n) is 16.9. The molecule has 1 heterocycles. The number of hydrogen-bond donors (Lipinski definition) is 2. The second-order valence-electron chi connectivity index (χ2n) is 7.02. The molecule has 2 aromatic carbocycles. The molecule has 0 fully saturated rings. The zero-order chi connectivity index (χ0) is 20.6. The van der Waals surface area contributed by atoms with E-state index in [1.807, 2.05) is 42.5 Å². The monoisotopic (exact) mass is 414 g/mol. The van der Waals surface area contributed by atoms with Crippen molar-refractivity contribution in [3.63, 3.8) is 0 Å². The number of benzene rings is 2. The number of thiocarbonyl (C=S) groups is 1. The van der Waals surface area contributed by atoms with E-state index in [4.69, 9.17) is 26.4 Å². The maximum absolute atomic E-state index is 5.83. The Morgan fingerprint density at radius 3 is 2.83 bits per heavy atom. The van der Waals surface area contributed by atoms with Crippen LogP contribution in [-0.2, 0) is 6.54 Å². The molecule has 7 heteroatoms. The topological polar surface area (TPSA) is 47.4 Å². The molecule has 0 aliphatic carbocycles. The quantitative estimate of drug-likeness (QED) is 0.484. The number of para-hydroxylation sites is 1. The molecule has 1 aliphatic heterocycles. The molecule has 0 radical (unpaired) electrons. The Hall–Kier alpha value is -2.77. The van der Waals surface area contributed by atoms with E-state index in [0.29, 0.717) is 18.3 Å². The Bertz CT molecular complexity index is 857. The van der Waals surface area contributed by atoms with Crippen LogP contribution in [0.25, 0.3) is 0 Å². The first-order valence-electron chi connectivity index (χ1n) is 9.64. The van der Waals surface area contributed by atoms with Crippen molar-refractivity contribution in [2.45, 2.75) is 6.54 Å². The minimum absolute atomic E-state index is 0.241. The van der Waals surface area contributed by atoms with Crippen LogP contribution in [0.15, 0.2) is 55.1 Å². The number of quaternary nitrogens is 1. The maximum Gasteiger partial charge on any atom is 0.231 e. The smallest absolute Gasteiger partial charge is 0.231 e. The van der Waals surface area contributed by atoms with Gasteiger partial charge >= 0.3 is 0 Å². The summed E-state index contributed by atoms with van der Waals surface area (Å²) in [5, 5.41) is 4.03. The van der Waals surface area contributed by atoms with Gasteiger partial charge in [0.1, 0.15) is 12.4 Å². The highest BCUT2D eigenvalue weighted by Crippen LogP contribution is 2.36. The Labute approximate surface area is 177 Å². The van der Waals surface area contributed by atoms with Crippen LogP contribution in [0.4, 0.5) is 5.69 Å². The summed E-state index contributed by atoms with van der Waals surface area (Å²) in [4.78, 5) is 3.41. The van der Waals surface area contributed by atoms with E-state index in [-0.39, 0.29) is 6.79 Å². The maximum atomic E-state index is 5.83. The standard InChI is InChI=1S/C22H27N3O3S/c1-4-13-26-19-8-6-5-7-17(19)15-25(22(29)23-11-12-24(2)3)18-9-10-20-21(14-18)28-16-27-20/h4-10,14H,1,11-13,15-16H2,2-3H3,(H,23,29)/p+1. The van der Waals surface area contributed by atoms with E-state index in [1.54, 1.807) is 6.08 Å². The first kappa shape index (κ1) is 21.0. The summed E-state index contributed by atoms with van der Waals surface area (Å²) in [5.74, 6) is 2.29. The molecule has 2 N–H and O–H groups in total. The highest BCUT2D eigenvalue weighted by atomic mass is 32.1. The minimum atomic E-state index is 0.241. The molecule has 0 spiro atoms. The molecule has 2 aromatic rings. The molecule has 0 saturated heterocycles. The molecular formula is C22H28N3O3S+. The van der Waals surface area contributed by atoms with Gasteiger partial charge in [0.15, 0.2) is 16.6 Å². The number of nitrogens with zero attached hydrogens (tertiary/aromatic N) is 1. The van der Waals surface area contributed by atoms with Gasteiger partial charge in [-0.2, -0.15) is 0 Å². The summed E-state index contributed by atoms with van der Waals surface area (Å²) in [6.07, 6.45) is 1.74. The van der Waals surface area contributed by atoms with Gasteiger partial charge in [0, 0.05) is 17.3 Å². The van der Waals surface area contributed by atoms with Crippen molar-refractivity contribution in [2.24, 2.45) is 0 Å². The average molecular weight is 415 g/mol. The van der Waals surface area contributed by atoms with Gasteiger partial charge in [-0.3, -0.25) is 0 Å². The number of likely N-dealkylation sites (N-methyl/N-ethyl adjacent to an activating group) is 1.